The van der Waals surface area contributed by atoms with Crippen LogP contribution >= 0.6 is 0 Å². The van der Waals surface area contributed by atoms with E-state index in [1.54, 1.807) is 0 Å². The number of hydrogen-bond donors (Lipinski definition) is 2. The number of aryl methyl sites for hydroxylation is 1. The largest absolute Gasteiger partial charge is 0.456 e. The third kappa shape index (κ3) is 3.31. The topological polar surface area (TPSA) is 59.6 Å². The van der Waals surface area contributed by atoms with Crippen molar-refractivity contribution in [1.82, 2.24) is 5.32 Å². The van der Waals surface area contributed by atoms with Crippen molar-refractivity contribution in [2.75, 3.05) is 18.4 Å². The van der Waals surface area contributed by atoms with Crippen LogP contribution in [0.5, 0.6) is 11.5 Å². The first-order valence-electron chi connectivity index (χ1n) is 13.0. The fraction of sp³-hybridized carbons (Fsp3) is 0.219. The SMILES string of the molecule is Cc1cc(C2CCCNC2)c2c(c1Nc1ccccc1)C1(OC2=O)c2ccccc2Oc2ccccc21. The van der Waals surface area contributed by atoms with Crippen molar-refractivity contribution in [3.63, 3.8) is 0 Å². The van der Waals surface area contributed by atoms with E-state index in [1.807, 2.05) is 78.9 Å². The lowest BCUT2D eigenvalue weighted by Gasteiger charge is -2.37. The summed E-state index contributed by atoms with van der Waals surface area (Å²) >= 11 is 0. The molecule has 184 valence electrons. The van der Waals surface area contributed by atoms with Gasteiger partial charge in [0.05, 0.1) is 11.3 Å². The molecule has 2 N–H and O–H groups in total. The minimum absolute atomic E-state index is 0.250. The van der Waals surface area contributed by atoms with Crippen LogP contribution in [0, 0.1) is 6.92 Å². The molecule has 0 bridgehead atoms. The van der Waals surface area contributed by atoms with E-state index < -0.39 is 5.60 Å². The average molecular weight is 489 g/mol. The molecule has 1 unspecified atom stereocenters. The third-order valence-corrected chi connectivity index (χ3v) is 7.89. The number of rotatable bonds is 3. The summed E-state index contributed by atoms with van der Waals surface area (Å²) in [6, 6.07) is 28.1. The summed E-state index contributed by atoms with van der Waals surface area (Å²) in [7, 11) is 0. The third-order valence-electron chi connectivity index (χ3n) is 7.89. The van der Waals surface area contributed by atoms with Crippen molar-refractivity contribution in [3.8, 4) is 11.5 Å². The highest BCUT2D eigenvalue weighted by atomic mass is 16.6. The summed E-state index contributed by atoms with van der Waals surface area (Å²) in [6.07, 6.45) is 2.13. The number of esters is 1. The summed E-state index contributed by atoms with van der Waals surface area (Å²) in [5, 5.41) is 7.20. The molecule has 1 fully saturated rings. The highest BCUT2D eigenvalue weighted by Crippen LogP contribution is 2.59. The molecule has 3 aliphatic heterocycles. The first-order valence-corrected chi connectivity index (χ1v) is 13.0. The quantitative estimate of drug-likeness (QED) is 0.312. The van der Waals surface area contributed by atoms with E-state index in [9.17, 15) is 4.79 Å². The van der Waals surface area contributed by atoms with Crippen molar-refractivity contribution in [3.05, 3.63) is 118 Å². The molecule has 4 aromatic carbocycles. The number of anilines is 2. The Bertz CT molecular complexity index is 1480. The molecule has 1 atom stereocenters. The van der Waals surface area contributed by atoms with Crippen LogP contribution in [0.3, 0.4) is 0 Å². The zero-order valence-corrected chi connectivity index (χ0v) is 20.7. The number of carbonyl (C=O) groups is 1. The Balaban J connectivity index is 1.57. The van der Waals surface area contributed by atoms with Crippen LogP contribution in [0.1, 0.15) is 56.9 Å². The first-order chi connectivity index (χ1) is 18.2. The van der Waals surface area contributed by atoms with Crippen molar-refractivity contribution >= 4 is 17.3 Å². The first kappa shape index (κ1) is 22.1. The smallest absolute Gasteiger partial charge is 0.340 e. The lowest BCUT2D eigenvalue weighted by atomic mass is 9.74. The number of benzene rings is 4. The van der Waals surface area contributed by atoms with Crippen LogP contribution < -0.4 is 15.4 Å². The Morgan fingerprint density at radius 1 is 0.919 bits per heavy atom. The standard InChI is InChI=1S/C32H28N2O3/c1-20-18-23(21-10-9-17-33-19-21)28-29(30(20)34-22-11-3-2-4-12-22)32(37-31(28)35)24-13-5-7-15-26(24)36-27-16-8-6-14-25(27)32/h2-8,11-16,18,21,33-34H,9-10,17,19H2,1H3. The molecule has 37 heavy (non-hydrogen) atoms. The molecule has 0 aromatic heterocycles. The molecule has 7 rings (SSSR count). The number of piperidine rings is 1. The predicted molar refractivity (Wildman–Crippen MR) is 144 cm³/mol. The number of ether oxygens (including phenoxy) is 2. The molecule has 0 saturated carbocycles. The van der Waals surface area contributed by atoms with E-state index in [0.717, 1.165) is 65.1 Å². The number of para-hydroxylation sites is 3. The van der Waals surface area contributed by atoms with Gasteiger partial charge >= 0.3 is 5.97 Å². The van der Waals surface area contributed by atoms with E-state index in [0.29, 0.717) is 17.1 Å². The van der Waals surface area contributed by atoms with Crippen molar-refractivity contribution < 1.29 is 14.3 Å². The van der Waals surface area contributed by atoms with Crippen LogP contribution in [0.25, 0.3) is 0 Å². The summed E-state index contributed by atoms with van der Waals surface area (Å²) in [5.74, 6) is 1.38. The van der Waals surface area contributed by atoms with Crippen LogP contribution in [-0.4, -0.2) is 19.1 Å². The van der Waals surface area contributed by atoms with E-state index in [1.165, 1.54) is 0 Å². The Morgan fingerprint density at radius 3 is 2.27 bits per heavy atom. The highest BCUT2D eigenvalue weighted by molar-refractivity contribution is 6.02. The van der Waals surface area contributed by atoms with Crippen molar-refractivity contribution in [2.24, 2.45) is 0 Å². The lowest BCUT2D eigenvalue weighted by molar-refractivity contribution is 0.0225. The van der Waals surface area contributed by atoms with Gasteiger partial charge in [0.1, 0.15) is 11.5 Å². The van der Waals surface area contributed by atoms with Gasteiger partial charge < -0.3 is 20.1 Å². The van der Waals surface area contributed by atoms with Crippen LogP contribution in [0.4, 0.5) is 11.4 Å². The lowest BCUT2D eigenvalue weighted by Crippen LogP contribution is -2.33. The van der Waals surface area contributed by atoms with E-state index in [4.69, 9.17) is 9.47 Å². The average Bonchev–Trinajstić information content (AvgIpc) is 3.24. The van der Waals surface area contributed by atoms with Gasteiger partial charge in [-0.1, -0.05) is 60.7 Å². The normalized spacial score (nSPS) is 18.8. The molecule has 3 heterocycles. The molecule has 0 aliphatic carbocycles. The van der Waals surface area contributed by atoms with Gasteiger partial charge in [-0.05, 0) is 67.6 Å². The zero-order valence-electron chi connectivity index (χ0n) is 20.7. The maximum absolute atomic E-state index is 14.0. The van der Waals surface area contributed by atoms with Crippen molar-refractivity contribution in [1.29, 1.82) is 0 Å². The maximum atomic E-state index is 14.0. The van der Waals surface area contributed by atoms with Gasteiger partial charge in [-0.25, -0.2) is 4.79 Å². The molecule has 4 aromatic rings. The number of hydrogen-bond acceptors (Lipinski definition) is 5. The fourth-order valence-corrected chi connectivity index (χ4v) is 6.26. The summed E-state index contributed by atoms with van der Waals surface area (Å²) in [4.78, 5) is 14.0. The summed E-state index contributed by atoms with van der Waals surface area (Å²) in [6.45, 7) is 3.99. The summed E-state index contributed by atoms with van der Waals surface area (Å²) < 4.78 is 12.9. The predicted octanol–water partition coefficient (Wildman–Crippen LogP) is 6.77. The summed E-state index contributed by atoms with van der Waals surface area (Å²) in [5.41, 5.74) is 6.16. The molecule has 3 aliphatic rings. The Labute approximate surface area is 216 Å². The second-order valence-electron chi connectivity index (χ2n) is 10.1. The van der Waals surface area contributed by atoms with Gasteiger partial charge in [0.25, 0.3) is 0 Å². The second kappa shape index (κ2) is 8.49. The highest BCUT2D eigenvalue weighted by Gasteiger charge is 2.56. The van der Waals surface area contributed by atoms with Crippen LogP contribution in [-0.2, 0) is 10.3 Å². The van der Waals surface area contributed by atoms with Crippen LogP contribution in [0.15, 0.2) is 84.9 Å². The minimum Gasteiger partial charge on any atom is -0.456 e. The molecule has 1 saturated heterocycles. The number of carbonyl (C=O) groups excluding carboxylic acids is 1. The minimum atomic E-state index is -1.11. The van der Waals surface area contributed by atoms with Gasteiger partial charge in [0, 0.05) is 28.9 Å². The second-order valence-corrected chi connectivity index (χ2v) is 10.1. The zero-order chi connectivity index (χ0) is 25.0. The van der Waals surface area contributed by atoms with Gasteiger partial charge in [-0.2, -0.15) is 0 Å². The van der Waals surface area contributed by atoms with Crippen molar-refractivity contribution in [2.45, 2.75) is 31.3 Å². The van der Waals surface area contributed by atoms with E-state index in [-0.39, 0.29) is 11.9 Å². The Hall–Kier alpha value is -4.09. The Kier molecular flexibility index (Phi) is 5.08. The maximum Gasteiger partial charge on any atom is 0.340 e. The number of nitrogens with one attached hydrogen (secondary N) is 2. The van der Waals surface area contributed by atoms with Gasteiger partial charge in [0.2, 0.25) is 0 Å². The molecule has 1 spiro atoms. The Morgan fingerprint density at radius 2 is 1.59 bits per heavy atom. The van der Waals surface area contributed by atoms with E-state index >= 15 is 0 Å². The molecule has 5 nitrogen and oxygen atoms in total. The van der Waals surface area contributed by atoms with E-state index in [2.05, 4.69) is 23.6 Å². The number of fused-ring (bicyclic) bond motifs is 6. The monoisotopic (exact) mass is 488 g/mol. The molecular weight excluding hydrogens is 460 g/mol. The molecular formula is C32H28N2O3. The molecule has 0 amide bonds. The molecule has 5 heteroatoms. The van der Waals surface area contributed by atoms with Gasteiger partial charge in [-0.15, -0.1) is 0 Å². The van der Waals surface area contributed by atoms with Gasteiger partial charge in [-0.3, -0.25) is 0 Å². The van der Waals surface area contributed by atoms with Crippen LogP contribution in [0.2, 0.25) is 0 Å². The van der Waals surface area contributed by atoms with Gasteiger partial charge in [0.15, 0.2) is 5.60 Å². The fourth-order valence-electron chi connectivity index (χ4n) is 6.26. The molecule has 0 radical (unpaired) electrons.